The highest BCUT2D eigenvalue weighted by molar-refractivity contribution is 8.13. The van der Waals surface area contributed by atoms with E-state index in [1.165, 1.54) is 11.8 Å². The van der Waals surface area contributed by atoms with Crippen molar-refractivity contribution >= 4 is 23.0 Å². The van der Waals surface area contributed by atoms with Crippen molar-refractivity contribution in [2.75, 3.05) is 12.9 Å². The minimum Gasteiger partial charge on any atom is -0.481 e. The van der Waals surface area contributed by atoms with E-state index in [4.69, 9.17) is 4.74 Å². The smallest absolute Gasteiger partial charge is 0.213 e. The maximum atomic E-state index is 10.7. The Morgan fingerprint density at radius 1 is 1.67 bits per heavy atom. The zero-order chi connectivity index (χ0) is 11.1. The summed E-state index contributed by atoms with van der Waals surface area (Å²) in [4.78, 5) is 14.7. The molecule has 0 unspecified atom stereocenters. The van der Waals surface area contributed by atoms with E-state index in [1.54, 1.807) is 20.2 Å². The van der Waals surface area contributed by atoms with Crippen LogP contribution in [0.25, 0.3) is 6.08 Å². The summed E-state index contributed by atoms with van der Waals surface area (Å²) in [6, 6.07) is 3.73. The van der Waals surface area contributed by atoms with Crippen molar-refractivity contribution in [1.29, 1.82) is 0 Å². The highest BCUT2D eigenvalue weighted by Gasteiger charge is 1.93. The molecule has 1 aromatic rings. The fourth-order valence-corrected chi connectivity index (χ4v) is 1.42. The molecular formula is C11H13NO2S. The molecule has 0 bridgehead atoms. The molecule has 1 heterocycles. The summed E-state index contributed by atoms with van der Waals surface area (Å²) in [5.41, 5.74) is 1.02. The van der Waals surface area contributed by atoms with Gasteiger partial charge in [-0.15, -0.1) is 0 Å². The standard InChI is InChI=1S/C11H13NO2S/c1-9(13)15-7-3-4-10-5-6-12-11(8-10)14-2/h3-6,8H,7H2,1-2H3. The van der Waals surface area contributed by atoms with Gasteiger partial charge in [0.25, 0.3) is 0 Å². The van der Waals surface area contributed by atoms with E-state index in [2.05, 4.69) is 4.98 Å². The second kappa shape index (κ2) is 6.24. The van der Waals surface area contributed by atoms with Gasteiger partial charge in [0.1, 0.15) is 0 Å². The zero-order valence-electron chi connectivity index (χ0n) is 8.77. The Kier molecular flexibility index (Phi) is 4.90. The third kappa shape index (κ3) is 4.65. The minimum absolute atomic E-state index is 0.131. The van der Waals surface area contributed by atoms with E-state index in [1.807, 2.05) is 24.3 Å². The summed E-state index contributed by atoms with van der Waals surface area (Å²) in [6.45, 7) is 1.56. The molecule has 0 saturated carbocycles. The monoisotopic (exact) mass is 223 g/mol. The number of aromatic nitrogens is 1. The molecule has 1 rings (SSSR count). The first-order valence-corrected chi connectivity index (χ1v) is 5.51. The lowest BCUT2D eigenvalue weighted by atomic mass is 10.2. The second-order valence-electron chi connectivity index (χ2n) is 2.84. The molecule has 1 aromatic heterocycles. The molecule has 0 radical (unpaired) electrons. The van der Waals surface area contributed by atoms with E-state index >= 15 is 0 Å². The molecule has 0 spiro atoms. The fourth-order valence-electron chi connectivity index (χ4n) is 0.990. The highest BCUT2D eigenvalue weighted by Crippen LogP contribution is 2.10. The molecule has 0 fully saturated rings. The number of hydrogen-bond donors (Lipinski definition) is 0. The van der Waals surface area contributed by atoms with E-state index in [0.29, 0.717) is 11.6 Å². The van der Waals surface area contributed by atoms with Gasteiger partial charge in [-0.3, -0.25) is 4.79 Å². The summed E-state index contributed by atoms with van der Waals surface area (Å²) >= 11 is 1.29. The number of thioether (sulfide) groups is 1. The van der Waals surface area contributed by atoms with E-state index in [0.717, 1.165) is 5.56 Å². The Morgan fingerprint density at radius 3 is 3.13 bits per heavy atom. The third-order valence-corrected chi connectivity index (χ3v) is 2.43. The number of methoxy groups -OCH3 is 1. The topological polar surface area (TPSA) is 39.2 Å². The molecule has 4 heteroatoms. The summed E-state index contributed by atoms with van der Waals surface area (Å²) in [5, 5.41) is 0.131. The summed E-state index contributed by atoms with van der Waals surface area (Å²) in [5.74, 6) is 1.29. The van der Waals surface area contributed by atoms with Crippen molar-refractivity contribution in [3.05, 3.63) is 30.0 Å². The Bertz CT molecular complexity index is 363. The molecule has 3 nitrogen and oxygen atoms in total. The normalized spacial score (nSPS) is 10.5. The summed E-state index contributed by atoms with van der Waals surface area (Å²) in [7, 11) is 1.58. The highest BCUT2D eigenvalue weighted by atomic mass is 32.2. The number of carbonyl (C=O) groups is 1. The average molecular weight is 223 g/mol. The van der Waals surface area contributed by atoms with E-state index in [-0.39, 0.29) is 5.12 Å². The lowest BCUT2D eigenvalue weighted by molar-refractivity contribution is -0.109. The number of nitrogens with zero attached hydrogens (tertiary/aromatic N) is 1. The van der Waals surface area contributed by atoms with Gasteiger partial charge in [0.2, 0.25) is 5.88 Å². The number of ether oxygens (including phenoxy) is 1. The molecule has 80 valence electrons. The van der Waals surface area contributed by atoms with Crippen LogP contribution in [0, 0.1) is 0 Å². The van der Waals surface area contributed by atoms with Gasteiger partial charge in [-0.1, -0.05) is 23.9 Å². The van der Waals surface area contributed by atoms with Crippen LogP contribution < -0.4 is 4.74 Å². The lowest BCUT2D eigenvalue weighted by Gasteiger charge is -1.98. The predicted molar refractivity (Wildman–Crippen MR) is 63.0 cm³/mol. The van der Waals surface area contributed by atoms with Crippen LogP contribution in [0.4, 0.5) is 0 Å². The van der Waals surface area contributed by atoms with Crippen molar-refractivity contribution in [3.8, 4) is 5.88 Å². The fraction of sp³-hybridized carbons (Fsp3) is 0.273. The zero-order valence-corrected chi connectivity index (χ0v) is 9.58. The van der Waals surface area contributed by atoms with Gasteiger partial charge in [0, 0.05) is 24.9 Å². The molecular weight excluding hydrogens is 210 g/mol. The van der Waals surface area contributed by atoms with Crippen LogP contribution in [-0.2, 0) is 4.79 Å². The van der Waals surface area contributed by atoms with Crippen LogP contribution in [0.15, 0.2) is 24.4 Å². The number of pyridine rings is 1. The molecule has 0 amide bonds. The molecule has 0 atom stereocenters. The van der Waals surface area contributed by atoms with Gasteiger partial charge < -0.3 is 4.74 Å². The summed E-state index contributed by atoms with van der Waals surface area (Å²) in [6.07, 6.45) is 5.58. The predicted octanol–water partition coefficient (Wildman–Crippen LogP) is 2.38. The summed E-state index contributed by atoms with van der Waals surface area (Å²) < 4.78 is 5.00. The molecule has 0 aromatic carbocycles. The largest absolute Gasteiger partial charge is 0.481 e. The number of rotatable bonds is 4. The van der Waals surface area contributed by atoms with Crippen molar-refractivity contribution < 1.29 is 9.53 Å². The Hall–Kier alpha value is -1.29. The maximum Gasteiger partial charge on any atom is 0.213 e. The minimum atomic E-state index is 0.131. The van der Waals surface area contributed by atoms with E-state index < -0.39 is 0 Å². The van der Waals surface area contributed by atoms with Crippen molar-refractivity contribution in [2.45, 2.75) is 6.92 Å². The Labute approximate surface area is 93.5 Å². The van der Waals surface area contributed by atoms with Gasteiger partial charge in [-0.05, 0) is 11.6 Å². The molecule has 0 aliphatic rings. The van der Waals surface area contributed by atoms with Gasteiger partial charge in [0.15, 0.2) is 5.12 Å². The quantitative estimate of drug-likeness (QED) is 0.785. The molecule has 0 saturated heterocycles. The first kappa shape index (κ1) is 11.8. The van der Waals surface area contributed by atoms with Gasteiger partial charge in [0.05, 0.1) is 7.11 Å². The Morgan fingerprint density at radius 2 is 2.47 bits per heavy atom. The van der Waals surface area contributed by atoms with Crippen LogP contribution in [0.5, 0.6) is 5.88 Å². The van der Waals surface area contributed by atoms with Crippen molar-refractivity contribution in [3.63, 3.8) is 0 Å². The first-order chi connectivity index (χ1) is 7.22. The van der Waals surface area contributed by atoms with Crippen LogP contribution >= 0.6 is 11.8 Å². The molecule has 0 N–H and O–H groups in total. The van der Waals surface area contributed by atoms with Gasteiger partial charge in [-0.2, -0.15) is 0 Å². The van der Waals surface area contributed by atoms with Crippen molar-refractivity contribution in [2.24, 2.45) is 0 Å². The second-order valence-corrected chi connectivity index (χ2v) is 4.03. The van der Waals surface area contributed by atoms with Gasteiger partial charge >= 0.3 is 0 Å². The van der Waals surface area contributed by atoms with Crippen LogP contribution in [0.3, 0.4) is 0 Å². The van der Waals surface area contributed by atoms with Crippen LogP contribution in [0.1, 0.15) is 12.5 Å². The first-order valence-electron chi connectivity index (χ1n) is 4.52. The van der Waals surface area contributed by atoms with Crippen LogP contribution in [-0.4, -0.2) is 23.0 Å². The van der Waals surface area contributed by atoms with Crippen molar-refractivity contribution in [1.82, 2.24) is 4.98 Å². The molecule has 0 aliphatic carbocycles. The Balaban J connectivity index is 2.52. The number of hydrogen-bond acceptors (Lipinski definition) is 4. The molecule has 0 aliphatic heterocycles. The lowest BCUT2D eigenvalue weighted by Crippen LogP contribution is -1.87. The number of carbonyl (C=O) groups excluding carboxylic acids is 1. The third-order valence-electron chi connectivity index (χ3n) is 1.66. The van der Waals surface area contributed by atoms with E-state index in [9.17, 15) is 4.79 Å². The van der Waals surface area contributed by atoms with Crippen LogP contribution in [0.2, 0.25) is 0 Å². The van der Waals surface area contributed by atoms with Gasteiger partial charge in [-0.25, -0.2) is 4.98 Å². The average Bonchev–Trinajstić information content (AvgIpc) is 2.24. The SMILES string of the molecule is COc1cc(C=CCSC(C)=O)ccn1. The maximum absolute atomic E-state index is 10.7. The molecule has 15 heavy (non-hydrogen) atoms.